The number of rotatable bonds is 7. The summed E-state index contributed by atoms with van der Waals surface area (Å²) in [6, 6.07) is 12.2. The van der Waals surface area contributed by atoms with Gasteiger partial charge in [0.1, 0.15) is 5.56 Å². The molecule has 1 amide bonds. The molecule has 6 nitrogen and oxygen atoms in total. The molecule has 0 bridgehead atoms. The Morgan fingerprint density at radius 3 is 2.67 bits per heavy atom. The van der Waals surface area contributed by atoms with Crippen molar-refractivity contribution < 1.29 is 14.5 Å². The van der Waals surface area contributed by atoms with E-state index in [9.17, 15) is 14.9 Å². The molecule has 0 spiro atoms. The van der Waals surface area contributed by atoms with Gasteiger partial charge in [0.25, 0.3) is 11.6 Å². The number of benzene rings is 2. The highest BCUT2D eigenvalue weighted by molar-refractivity contribution is 7.98. The lowest BCUT2D eigenvalue weighted by atomic mass is 10.1. The first kappa shape index (κ1) is 18.0. The first-order valence-electron chi connectivity index (χ1n) is 7.22. The number of nitro benzene ring substituents is 1. The smallest absolute Gasteiger partial charge is 0.282 e. The van der Waals surface area contributed by atoms with Crippen molar-refractivity contribution in [3.63, 3.8) is 0 Å². The maximum Gasteiger partial charge on any atom is 0.282 e. The summed E-state index contributed by atoms with van der Waals surface area (Å²) < 4.78 is 5.08. The molecule has 7 heteroatoms. The van der Waals surface area contributed by atoms with Crippen LogP contribution >= 0.6 is 11.8 Å². The lowest BCUT2D eigenvalue weighted by Gasteiger charge is -2.08. The number of carbonyl (C=O) groups excluding carboxylic acids is 1. The zero-order chi connectivity index (χ0) is 17.5. The Hall–Kier alpha value is -2.38. The predicted octanol–water partition coefficient (Wildman–Crippen LogP) is 3.39. The largest absolute Gasteiger partial charge is 0.380 e. The Kier molecular flexibility index (Phi) is 6.34. The van der Waals surface area contributed by atoms with Crippen LogP contribution in [0.4, 0.5) is 5.69 Å². The monoisotopic (exact) mass is 346 g/mol. The van der Waals surface area contributed by atoms with Gasteiger partial charge in [-0.3, -0.25) is 14.9 Å². The fourth-order valence-corrected chi connectivity index (χ4v) is 2.70. The highest BCUT2D eigenvalue weighted by atomic mass is 32.2. The molecule has 2 aromatic rings. The van der Waals surface area contributed by atoms with Crippen LogP contribution in [0.1, 0.15) is 21.5 Å². The topological polar surface area (TPSA) is 81.5 Å². The first-order valence-corrected chi connectivity index (χ1v) is 8.45. The molecule has 0 heterocycles. The van der Waals surface area contributed by atoms with E-state index in [1.165, 1.54) is 17.8 Å². The van der Waals surface area contributed by atoms with E-state index in [0.29, 0.717) is 6.61 Å². The van der Waals surface area contributed by atoms with Gasteiger partial charge in [-0.15, -0.1) is 11.8 Å². The zero-order valence-electron chi connectivity index (χ0n) is 13.4. The Morgan fingerprint density at radius 1 is 1.25 bits per heavy atom. The quantitative estimate of drug-likeness (QED) is 0.472. The highest BCUT2D eigenvalue weighted by Crippen LogP contribution is 2.24. The molecule has 0 aliphatic carbocycles. The minimum atomic E-state index is -0.543. The van der Waals surface area contributed by atoms with Crippen LogP contribution in [0.5, 0.6) is 0 Å². The molecular formula is C17H18N2O4S. The van der Waals surface area contributed by atoms with Gasteiger partial charge in [-0.05, 0) is 29.5 Å². The van der Waals surface area contributed by atoms with Gasteiger partial charge in [0.2, 0.25) is 0 Å². The normalized spacial score (nSPS) is 10.4. The summed E-state index contributed by atoms with van der Waals surface area (Å²) in [5.74, 6) is -0.463. The SMILES string of the molecule is COCc1cccc(CNC(=O)c2cc(SC)ccc2[N+](=O)[O-])c1. The number of carbonyl (C=O) groups is 1. The number of hydrogen-bond acceptors (Lipinski definition) is 5. The average Bonchev–Trinajstić information content (AvgIpc) is 2.59. The summed E-state index contributed by atoms with van der Waals surface area (Å²) in [5.41, 5.74) is 1.78. The third-order valence-corrected chi connectivity index (χ3v) is 4.13. The molecule has 0 aliphatic heterocycles. The van der Waals surface area contributed by atoms with Crippen LogP contribution < -0.4 is 5.32 Å². The van der Waals surface area contributed by atoms with Gasteiger partial charge < -0.3 is 10.1 Å². The van der Waals surface area contributed by atoms with Crippen LogP contribution in [0.3, 0.4) is 0 Å². The molecule has 1 N–H and O–H groups in total. The summed E-state index contributed by atoms with van der Waals surface area (Å²) in [6.45, 7) is 0.778. The average molecular weight is 346 g/mol. The molecule has 0 fully saturated rings. The number of nitrogens with one attached hydrogen (secondary N) is 1. The second kappa shape index (κ2) is 8.47. The maximum absolute atomic E-state index is 12.4. The standard InChI is InChI=1S/C17H18N2O4S/c1-23-11-13-5-3-4-12(8-13)10-18-17(20)15-9-14(24-2)6-7-16(15)19(21)22/h3-9H,10-11H2,1-2H3,(H,18,20). The van der Waals surface area contributed by atoms with Crippen molar-refractivity contribution in [2.75, 3.05) is 13.4 Å². The van der Waals surface area contributed by atoms with Gasteiger partial charge >= 0.3 is 0 Å². The zero-order valence-corrected chi connectivity index (χ0v) is 14.3. The molecule has 0 unspecified atom stereocenters. The fourth-order valence-electron chi connectivity index (χ4n) is 2.26. The van der Waals surface area contributed by atoms with Gasteiger partial charge in [0.15, 0.2) is 0 Å². The number of methoxy groups -OCH3 is 1. The summed E-state index contributed by atoms with van der Waals surface area (Å²) in [7, 11) is 1.62. The third kappa shape index (κ3) is 4.56. The fraction of sp³-hybridized carbons (Fsp3) is 0.235. The van der Waals surface area contributed by atoms with Crippen LogP contribution in [0.25, 0.3) is 0 Å². The second-order valence-electron chi connectivity index (χ2n) is 5.08. The van der Waals surface area contributed by atoms with Crippen molar-refractivity contribution in [2.24, 2.45) is 0 Å². The molecule has 0 saturated carbocycles. The van der Waals surface area contributed by atoms with Crippen LogP contribution in [0.2, 0.25) is 0 Å². The van der Waals surface area contributed by atoms with Gasteiger partial charge in [-0.1, -0.05) is 24.3 Å². The minimum absolute atomic E-state index is 0.0693. The van der Waals surface area contributed by atoms with Crippen LogP contribution in [0, 0.1) is 10.1 Å². The number of amides is 1. The van der Waals surface area contributed by atoms with E-state index in [0.717, 1.165) is 16.0 Å². The lowest BCUT2D eigenvalue weighted by Crippen LogP contribution is -2.23. The molecule has 0 saturated heterocycles. The van der Waals surface area contributed by atoms with Crippen molar-refractivity contribution in [1.29, 1.82) is 0 Å². The molecule has 0 radical (unpaired) electrons. The molecule has 2 rings (SSSR count). The first-order chi connectivity index (χ1) is 11.5. The van der Waals surface area contributed by atoms with Crippen molar-refractivity contribution in [3.05, 3.63) is 69.3 Å². The predicted molar refractivity (Wildman–Crippen MR) is 93.2 cm³/mol. The molecule has 0 aliphatic rings. The highest BCUT2D eigenvalue weighted by Gasteiger charge is 2.20. The van der Waals surface area contributed by atoms with E-state index in [1.807, 2.05) is 30.5 Å². The molecule has 0 atom stereocenters. The number of thioether (sulfide) groups is 1. The minimum Gasteiger partial charge on any atom is -0.380 e. The van der Waals surface area contributed by atoms with E-state index in [-0.39, 0.29) is 17.8 Å². The molecule has 24 heavy (non-hydrogen) atoms. The van der Waals surface area contributed by atoms with E-state index < -0.39 is 10.8 Å². The number of ether oxygens (including phenoxy) is 1. The Morgan fingerprint density at radius 2 is 2.00 bits per heavy atom. The van der Waals surface area contributed by atoms with Gasteiger partial charge in [-0.25, -0.2) is 0 Å². The summed E-state index contributed by atoms with van der Waals surface area (Å²) in [5, 5.41) is 13.9. The van der Waals surface area contributed by atoms with Crippen LogP contribution in [-0.2, 0) is 17.9 Å². The van der Waals surface area contributed by atoms with E-state index in [1.54, 1.807) is 19.2 Å². The van der Waals surface area contributed by atoms with Crippen LogP contribution in [-0.4, -0.2) is 24.2 Å². The Labute approximate surface area is 144 Å². The van der Waals surface area contributed by atoms with Crippen molar-refractivity contribution in [1.82, 2.24) is 5.32 Å². The van der Waals surface area contributed by atoms with Gasteiger partial charge in [-0.2, -0.15) is 0 Å². The van der Waals surface area contributed by atoms with Gasteiger partial charge in [0.05, 0.1) is 11.5 Å². The van der Waals surface area contributed by atoms with E-state index >= 15 is 0 Å². The van der Waals surface area contributed by atoms with Crippen molar-refractivity contribution in [3.8, 4) is 0 Å². The van der Waals surface area contributed by atoms with Crippen molar-refractivity contribution in [2.45, 2.75) is 18.0 Å². The number of hydrogen-bond donors (Lipinski definition) is 1. The number of nitrogens with zero attached hydrogens (tertiary/aromatic N) is 1. The third-order valence-electron chi connectivity index (χ3n) is 3.40. The van der Waals surface area contributed by atoms with Gasteiger partial charge in [0, 0.05) is 24.6 Å². The summed E-state index contributed by atoms with van der Waals surface area (Å²) >= 11 is 1.43. The Bertz CT molecular complexity index is 749. The summed E-state index contributed by atoms with van der Waals surface area (Å²) in [4.78, 5) is 23.7. The molecule has 126 valence electrons. The maximum atomic E-state index is 12.4. The van der Waals surface area contributed by atoms with E-state index in [4.69, 9.17) is 4.74 Å². The van der Waals surface area contributed by atoms with E-state index in [2.05, 4.69) is 5.32 Å². The van der Waals surface area contributed by atoms with Crippen molar-refractivity contribution >= 4 is 23.4 Å². The second-order valence-corrected chi connectivity index (χ2v) is 5.96. The lowest BCUT2D eigenvalue weighted by molar-refractivity contribution is -0.385. The summed E-state index contributed by atoms with van der Waals surface area (Å²) in [6.07, 6.45) is 1.85. The molecule has 0 aromatic heterocycles. The van der Waals surface area contributed by atoms with Crippen LogP contribution in [0.15, 0.2) is 47.4 Å². The molecular weight excluding hydrogens is 328 g/mol. The molecule has 2 aromatic carbocycles. The number of nitro groups is 1. The Balaban J connectivity index is 2.15.